The lowest BCUT2D eigenvalue weighted by Crippen LogP contribution is -2.69. The number of morpholine rings is 1. The molecule has 3 atom stereocenters. The molecule has 2 heterocycles. The van der Waals surface area contributed by atoms with Gasteiger partial charge < -0.3 is 15.0 Å². The number of fused-ring (bicyclic) bond motifs is 2. The zero-order chi connectivity index (χ0) is 16.6. The van der Waals surface area contributed by atoms with Gasteiger partial charge in [-0.3, -0.25) is 9.59 Å². The van der Waals surface area contributed by atoms with Crippen LogP contribution in [-0.2, 0) is 9.53 Å². The van der Waals surface area contributed by atoms with Crippen molar-refractivity contribution in [3.8, 4) is 0 Å². The van der Waals surface area contributed by atoms with Crippen LogP contribution in [0.2, 0.25) is 0 Å². The predicted octanol–water partition coefficient (Wildman–Crippen LogP) is 1.75. The largest absolute Gasteiger partial charge is 0.377 e. The summed E-state index contributed by atoms with van der Waals surface area (Å²) in [6, 6.07) is 7.29. The first-order chi connectivity index (χ1) is 11.0. The van der Waals surface area contributed by atoms with Crippen molar-refractivity contribution in [2.24, 2.45) is 5.92 Å². The number of benzene rings is 1. The van der Waals surface area contributed by atoms with E-state index in [4.69, 9.17) is 4.74 Å². The molecule has 2 aliphatic rings. The molecule has 0 saturated carbocycles. The summed E-state index contributed by atoms with van der Waals surface area (Å²) in [5.41, 5.74) is 1.53. The second-order valence-corrected chi connectivity index (χ2v) is 6.84. The lowest BCUT2D eigenvalue weighted by atomic mass is 9.88. The molecule has 0 radical (unpaired) electrons. The molecule has 0 aliphatic carbocycles. The molecular formula is C18H24N2O3. The summed E-state index contributed by atoms with van der Waals surface area (Å²) >= 11 is 0. The number of nitrogens with zero attached hydrogens (tertiary/aromatic N) is 1. The molecule has 5 heteroatoms. The van der Waals surface area contributed by atoms with E-state index in [9.17, 15) is 9.59 Å². The maximum atomic E-state index is 12.9. The highest BCUT2D eigenvalue weighted by Gasteiger charge is 2.47. The molecule has 23 heavy (non-hydrogen) atoms. The Hall–Kier alpha value is -1.88. The van der Waals surface area contributed by atoms with Crippen molar-refractivity contribution in [3.05, 3.63) is 35.4 Å². The summed E-state index contributed by atoms with van der Waals surface area (Å²) in [5.74, 6) is -0.124. The Morgan fingerprint density at radius 1 is 1.22 bits per heavy atom. The van der Waals surface area contributed by atoms with E-state index in [0.717, 1.165) is 12.0 Å². The summed E-state index contributed by atoms with van der Waals surface area (Å²) < 4.78 is 5.44. The van der Waals surface area contributed by atoms with Crippen LogP contribution in [0.4, 0.5) is 0 Å². The molecule has 1 N–H and O–H groups in total. The normalized spacial score (nSPS) is 24.1. The average molecular weight is 316 g/mol. The van der Waals surface area contributed by atoms with Gasteiger partial charge in [-0.2, -0.15) is 0 Å². The van der Waals surface area contributed by atoms with Crippen molar-refractivity contribution in [1.29, 1.82) is 0 Å². The summed E-state index contributed by atoms with van der Waals surface area (Å²) in [6.07, 6.45) is 1.02. The van der Waals surface area contributed by atoms with Gasteiger partial charge >= 0.3 is 0 Å². The summed E-state index contributed by atoms with van der Waals surface area (Å²) in [7, 11) is 0. The minimum absolute atomic E-state index is 0.0199. The standard InChI is InChI=1S/C18H24N2O3/c1-11(2)16(18(22)20-13-8-14(20)10-23-9-13)19-17(21)15-7-5-4-6-12(15)3/h4-7,11,13-14,16H,8-10H2,1-3H3,(H,19,21). The molecule has 5 nitrogen and oxygen atoms in total. The fraction of sp³-hybridized carbons (Fsp3) is 0.556. The Kier molecular flexibility index (Phi) is 4.39. The van der Waals surface area contributed by atoms with Gasteiger partial charge in [0.2, 0.25) is 5.91 Å². The minimum Gasteiger partial charge on any atom is -0.377 e. The SMILES string of the molecule is Cc1ccccc1C(=O)NC(C(=O)N1C2COCC1C2)C(C)C. The molecule has 2 saturated heterocycles. The van der Waals surface area contributed by atoms with E-state index in [1.807, 2.05) is 43.9 Å². The molecule has 2 amide bonds. The Morgan fingerprint density at radius 2 is 1.87 bits per heavy atom. The highest BCUT2D eigenvalue weighted by atomic mass is 16.5. The number of carbonyl (C=O) groups is 2. The molecule has 2 bridgehead atoms. The van der Waals surface area contributed by atoms with Crippen LogP contribution in [0, 0.1) is 12.8 Å². The molecule has 3 rings (SSSR count). The van der Waals surface area contributed by atoms with Gasteiger partial charge in [0.1, 0.15) is 6.04 Å². The van der Waals surface area contributed by atoms with Crippen LogP contribution in [0.5, 0.6) is 0 Å². The molecule has 1 aromatic rings. The fourth-order valence-electron chi connectivity index (χ4n) is 3.42. The van der Waals surface area contributed by atoms with Crippen molar-refractivity contribution >= 4 is 11.8 Å². The zero-order valence-corrected chi connectivity index (χ0v) is 13.9. The number of rotatable bonds is 4. The van der Waals surface area contributed by atoms with E-state index < -0.39 is 6.04 Å². The van der Waals surface area contributed by atoms with Gasteiger partial charge in [-0.1, -0.05) is 32.0 Å². The van der Waals surface area contributed by atoms with Crippen LogP contribution < -0.4 is 5.32 Å². The molecule has 0 spiro atoms. The summed E-state index contributed by atoms with van der Waals surface area (Å²) in [6.45, 7) is 7.05. The Bertz CT molecular complexity index is 600. The first-order valence-corrected chi connectivity index (χ1v) is 8.25. The average Bonchev–Trinajstić information content (AvgIpc) is 2.53. The topological polar surface area (TPSA) is 58.6 Å². The smallest absolute Gasteiger partial charge is 0.252 e. The monoisotopic (exact) mass is 316 g/mol. The Morgan fingerprint density at radius 3 is 2.43 bits per heavy atom. The molecule has 124 valence electrons. The van der Waals surface area contributed by atoms with Crippen LogP contribution >= 0.6 is 0 Å². The van der Waals surface area contributed by atoms with E-state index in [1.54, 1.807) is 6.07 Å². The third kappa shape index (κ3) is 2.98. The van der Waals surface area contributed by atoms with Crippen molar-refractivity contribution in [3.63, 3.8) is 0 Å². The van der Waals surface area contributed by atoms with E-state index in [2.05, 4.69) is 5.32 Å². The summed E-state index contributed by atoms with van der Waals surface area (Å²) in [4.78, 5) is 27.4. The number of ether oxygens (including phenoxy) is 1. The first kappa shape index (κ1) is 16.0. The van der Waals surface area contributed by atoms with Crippen LogP contribution in [0.15, 0.2) is 24.3 Å². The molecule has 1 aromatic carbocycles. The predicted molar refractivity (Wildman–Crippen MR) is 87.1 cm³/mol. The van der Waals surface area contributed by atoms with Crippen molar-refractivity contribution in [2.45, 2.75) is 45.3 Å². The molecule has 2 fully saturated rings. The highest BCUT2D eigenvalue weighted by Crippen LogP contribution is 2.32. The fourth-order valence-corrected chi connectivity index (χ4v) is 3.42. The van der Waals surface area contributed by atoms with Gasteiger partial charge in [0.25, 0.3) is 5.91 Å². The van der Waals surface area contributed by atoms with Crippen LogP contribution in [0.1, 0.15) is 36.2 Å². The number of aryl methyl sites for hydroxylation is 1. The Balaban J connectivity index is 1.73. The first-order valence-electron chi connectivity index (χ1n) is 8.25. The van der Waals surface area contributed by atoms with Crippen LogP contribution in [-0.4, -0.2) is 48.1 Å². The van der Waals surface area contributed by atoms with Gasteiger partial charge in [-0.25, -0.2) is 0 Å². The lowest BCUT2D eigenvalue weighted by Gasteiger charge is -2.53. The third-order valence-electron chi connectivity index (χ3n) is 4.81. The zero-order valence-electron chi connectivity index (χ0n) is 13.9. The van der Waals surface area contributed by atoms with E-state index >= 15 is 0 Å². The van der Waals surface area contributed by atoms with E-state index in [0.29, 0.717) is 18.8 Å². The summed E-state index contributed by atoms with van der Waals surface area (Å²) in [5, 5.41) is 2.94. The maximum Gasteiger partial charge on any atom is 0.252 e. The third-order valence-corrected chi connectivity index (χ3v) is 4.81. The molecular weight excluding hydrogens is 292 g/mol. The van der Waals surface area contributed by atoms with Crippen molar-refractivity contribution in [2.75, 3.05) is 13.2 Å². The highest BCUT2D eigenvalue weighted by molar-refractivity contribution is 5.98. The van der Waals surface area contributed by atoms with E-state index in [1.165, 1.54) is 0 Å². The maximum absolute atomic E-state index is 12.9. The number of hydrogen-bond acceptors (Lipinski definition) is 3. The van der Waals surface area contributed by atoms with Gasteiger partial charge in [0.05, 0.1) is 25.3 Å². The lowest BCUT2D eigenvalue weighted by molar-refractivity contribution is -0.170. The van der Waals surface area contributed by atoms with Crippen molar-refractivity contribution < 1.29 is 14.3 Å². The van der Waals surface area contributed by atoms with Gasteiger partial charge in [0, 0.05) is 5.56 Å². The van der Waals surface area contributed by atoms with E-state index in [-0.39, 0.29) is 29.8 Å². The van der Waals surface area contributed by atoms with Gasteiger partial charge in [0.15, 0.2) is 0 Å². The quantitative estimate of drug-likeness (QED) is 0.920. The number of amides is 2. The Labute approximate surface area is 137 Å². The number of carbonyl (C=O) groups excluding carboxylic acids is 2. The number of hydrogen-bond donors (Lipinski definition) is 1. The molecule has 3 unspecified atom stereocenters. The molecule has 2 aliphatic heterocycles. The van der Waals surface area contributed by atoms with Crippen LogP contribution in [0.3, 0.4) is 0 Å². The van der Waals surface area contributed by atoms with Gasteiger partial charge in [-0.15, -0.1) is 0 Å². The molecule has 0 aromatic heterocycles. The minimum atomic E-state index is -0.495. The second-order valence-electron chi connectivity index (χ2n) is 6.84. The number of nitrogens with one attached hydrogen (secondary N) is 1. The van der Waals surface area contributed by atoms with Crippen molar-refractivity contribution in [1.82, 2.24) is 10.2 Å². The van der Waals surface area contributed by atoms with Crippen LogP contribution in [0.25, 0.3) is 0 Å². The second kappa shape index (κ2) is 6.32. The van der Waals surface area contributed by atoms with Gasteiger partial charge in [-0.05, 0) is 30.9 Å².